The molecule has 2 N–H and O–H groups in total. The average Bonchev–Trinajstić information content (AvgIpc) is 2.57. The molecule has 2 rings (SSSR count). The van der Waals surface area contributed by atoms with Crippen LogP contribution in [-0.2, 0) is 9.31 Å². The molecule has 1 atom stereocenters. The number of ether oxygens (including phenoxy) is 1. The molecule has 0 bridgehead atoms. The molecule has 1 heterocycles. The molecule has 1 fully saturated rings. The second-order valence-corrected chi connectivity index (χ2v) is 6.04. The normalized spacial score (nSPS) is 21.9. The van der Waals surface area contributed by atoms with E-state index in [0.717, 1.165) is 0 Å². The Hall–Kier alpha value is -1.11. The zero-order chi connectivity index (χ0) is 15.1. The zero-order valence-corrected chi connectivity index (χ0v) is 12.6. The molecule has 1 aliphatic heterocycles. The molecule has 4 nitrogen and oxygen atoms in total. The van der Waals surface area contributed by atoms with Gasteiger partial charge >= 0.3 is 7.12 Å². The summed E-state index contributed by atoms with van der Waals surface area (Å²) in [5.74, 6) is -0.666. The molecule has 0 radical (unpaired) electrons. The van der Waals surface area contributed by atoms with Crippen molar-refractivity contribution in [2.24, 2.45) is 5.73 Å². The fourth-order valence-corrected chi connectivity index (χ4v) is 2.09. The summed E-state index contributed by atoms with van der Waals surface area (Å²) in [6, 6.07) is 4.58. The third-order valence-electron chi connectivity index (χ3n) is 4.13. The largest absolute Gasteiger partial charge is 0.497 e. The van der Waals surface area contributed by atoms with Crippen LogP contribution in [0.15, 0.2) is 18.2 Å². The molecule has 1 aromatic carbocycles. The monoisotopic (exact) mass is 281 g/mol. The highest BCUT2D eigenvalue weighted by Gasteiger charge is 2.53. The molecule has 0 spiro atoms. The van der Waals surface area contributed by atoms with Crippen molar-refractivity contribution in [1.29, 1.82) is 0 Å². The van der Waals surface area contributed by atoms with Crippen molar-refractivity contribution in [2.75, 3.05) is 7.11 Å². The van der Waals surface area contributed by atoms with Crippen LogP contribution < -0.4 is 10.5 Å². The molecule has 0 amide bonds. The number of benzene rings is 1. The Kier molecular flexibility index (Phi) is 3.84. The summed E-state index contributed by atoms with van der Waals surface area (Å²) < 4.78 is 30.7. The predicted molar refractivity (Wildman–Crippen MR) is 76.0 cm³/mol. The molecule has 20 heavy (non-hydrogen) atoms. The fourth-order valence-electron chi connectivity index (χ4n) is 2.09. The molecule has 1 aromatic rings. The standard InChI is InChI=1S/C14H21BFNO3/c1-13(2)14(3,4)20-15(19-13)12(17)10-7-6-9(18-5)8-11(10)16/h6-8,12H,17H2,1-5H3/t12-/m1/s1. The molecule has 1 aliphatic rings. The lowest BCUT2D eigenvalue weighted by Gasteiger charge is -2.32. The molecule has 0 aliphatic carbocycles. The van der Waals surface area contributed by atoms with Crippen LogP contribution in [0.2, 0.25) is 0 Å². The first-order valence-electron chi connectivity index (χ1n) is 6.62. The lowest BCUT2D eigenvalue weighted by atomic mass is 9.74. The van der Waals surface area contributed by atoms with Gasteiger partial charge in [0, 0.05) is 11.6 Å². The van der Waals surface area contributed by atoms with Gasteiger partial charge in [-0.25, -0.2) is 4.39 Å². The van der Waals surface area contributed by atoms with Crippen LogP contribution in [0.5, 0.6) is 5.75 Å². The van der Waals surface area contributed by atoms with Gasteiger partial charge in [-0.1, -0.05) is 6.07 Å². The third kappa shape index (κ3) is 2.55. The Balaban J connectivity index is 2.23. The van der Waals surface area contributed by atoms with Crippen molar-refractivity contribution < 1.29 is 18.4 Å². The molecule has 0 unspecified atom stereocenters. The van der Waals surface area contributed by atoms with Gasteiger partial charge < -0.3 is 19.8 Å². The molecule has 0 aromatic heterocycles. The van der Waals surface area contributed by atoms with E-state index in [4.69, 9.17) is 19.8 Å². The fraction of sp³-hybridized carbons (Fsp3) is 0.571. The Morgan fingerprint density at radius 2 is 1.75 bits per heavy atom. The Labute approximate surface area is 119 Å². The second-order valence-electron chi connectivity index (χ2n) is 6.04. The van der Waals surface area contributed by atoms with Gasteiger partial charge in [-0.2, -0.15) is 0 Å². The van der Waals surface area contributed by atoms with Crippen LogP contribution >= 0.6 is 0 Å². The summed E-state index contributed by atoms with van der Waals surface area (Å²) in [5.41, 5.74) is 5.48. The van der Waals surface area contributed by atoms with Gasteiger partial charge in [0.15, 0.2) is 0 Å². The predicted octanol–water partition coefficient (Wildman–Crippen LogP) is 2.47. The van der Waals surface area contributed by atoms with E-state index in [9.17, 15) is 4.39 Å². The Morgan fingerprint density at radius 1 is 1.20 bits per heavy atom. The molecule has 1 saturated heterocycles. The third-order valence-corrected chi connectivity index (χ3v) is 4.13. The van der Waals surface area contributed by atoms with E-state index in [0.29, 0.717) is 11.3 Å². The van der Waals surface area contributed by atoms with E-state index in [2.05, 4.69) is 0 Å². The number of halogens is 1. The van der Waals surface area contributed by atoms with Crippen molar-refractivity contribution in [3.05, 3.63) is 29.6 Å². The lowest BCUT2D eigenvalue weighted by molar-refractivity contribution is 0.00578. The maximum absolute atomic E-state index is 14.1. The van der Waals surface area contributed by atoms with Crippen molar-refractivity contribution >= 4 is 7.12 Å². The average molecular weight is 281 g/mol. The maximum atomic E-state index is 14.1. The summed E-state index contributed by atoms with van der Waals surface area (Å²) >= 11 is 0. The summed E-state index contributed by atoms with van der Waals surface area (Å²) in [4.78, 5) is 0. The van der Waals surface area contributed by atoms with Crippen molar-refractivity contribution in [2.45, 2.75) is 44.8 Å². The number of nitrogens with two attached hydrogens (primary N) is 1. The van der Waals surface area contributed by atoms with Gasteiger partial charge in [0.2, 0.25) is 0 Å². The number of hydrogen-bond acceptors (Lipinski definition) is 4. The maximum Gasteiger partial charge on any atom is 0.480 e. The topological polar surface area (TPSA) is 53.7 Å². The van der Waals surface area contributed by atoms with Gasteiger partial charge in [0.05, 0.1) is 24.3 Å². The molecule has 0 saturated carbocycles. The van der Waals surface area contributed by atoms with Crippen molar-refractivity contribution in [1.82, 2.24) is 0 Å². The van der Waals surface area contributed by atoms with E-state index in [1.54, 1.807) is 12.1 Å². The quantitative estimate of drug-likeness (QED) is 0.865. The summed E-state index contributed by atoms with van der Waals surface area (Å²) in [6.07, 6.45) is 0. The van der Waals surface area contributed by atoms with Crippen LogP contribution in [0.25, 0.3) is 0 Å². The first-order chi connectivity index (χ1) is 9.18. The second kappa shape index (κ2) is 5.02. The minimum atomic E-state index is -0.693. The van der Waals surface area contributed by atoms with Crippen molar-refractivity contribution in [3.63, 3.8) is 0 Å². The van der Waals surface area contributed by atoms with Crippen LogP contribution in [-0.4, -0.2) is 25.4 Å². The van der Waals surface area contributed by atoms with E-state index < -0.39 is 30.1 Å². The molecular formula is C14H21BFNO3. The lowest BCUT2D eigenvalue weighted by Crippen LogP contribution is -2.41. The first kappa shape index (κ1) is 15.3. The minimum Gasteiger partial charge on any atom is -0.497 e. The van der Waals surface area contributed by atoms with E-state index in [1.165, 1.54) is 13.2 Å². The van der Waals surface area contributed by atoms with E-state index in [1.807, 2.05) is 27.7 Å². The van der Waals surface area contributed by atoms with Gasteiger partial charge in [-0.05, 0) is 33.8 Å². The smallest absolute Gasteiger partial charge is 0.480 e. The highest BCUT2D eigenvalue weighted by Crippen LogP contribution is 2.40. The number of rotatable bonds is 3. The van der Waals surface area contributed by atoms with E-state index >= 15 is 0 Å². The van der Waals surface area contributed by atoms with Crippen LogP contribution in [0.4, 0.5) is 4.39 Å². The van der Waals surface area contributed by atoms with Crippen LogP contribution in [0, 0.1) is 5.82 Å². The first-order valence-corrected chi connectivity index (χ1v) is 6.62. The van der Waals surface area contributed by atoms with Gasteiger partial charge in [-0.3, -0.25) is 0 Å². The van der Waals surface area contributed by atoms with Gasteiger partial charge in [0.1, 0.15) is 11.6 Å². The van der Waals surface area contributed by atoms with Gasteiger partial charge in [0.25, 0.3) is 0 Å². The molecule has 110 valence electrons. The highest BCUT2D eigenvalue weighted by molar-refractivity contribution is 6.47. The summed E-state index contributed by atoms with van der Waals surface area (Å²) in [7, 11) is 0.811. The van der Waals surface area contributed by atoms with Gasteiger partial charge in [-0.15, -0.1) is 0 Å². The minimum absolute atomic E-state index is 0.351. The molecular weight excluding hydrogens is 260 g/mol. The van der Waals surface area contributed by atoms with E-state index in [-0.39, 0.29) is 0 Å². The van der Waals surface area contributed by atoms with Crippen molar-refractivity contribution in [3.8, 4) is 5.75 Å². The Bertz CT molecular complexity index is 491. The Morgan fingerprint density at radius 3 is 2.20 bits per heavy atom. The van der Waals surface area contributed by atoms with Crippen LogP contribution in [0.1, 0.15) is 39.2 Å². The summed E-state index contributed by atoms with van der Waals surface area (Å²) in [6.45, 7) is 7.74. The summed E-state index contributed by atoms with van der Waals surface area (Å²) in [5, 5.41) is 0. The highest BCUT2D eigenvalue weighted by atomic mass is 19.1. The SMILES string of the molecule is COc1ccc([C@@H](N)B2OC(C)(C)C(C)(C)O2)c(F)c1. The molecule has 6 heteroatoms. The van der Waals surface area contributed by atoms with Crippen LogP contribution in [0.3, 0.4) is 0 Å². The zero-order valence-electron chi connectivity index (χ0n) is 12.6. The number of hydrogen-bond donors (Lipinski definition) is 1. The number of methoxy groups -OCH3 is 1.